The van der Waals surface area contributed by atoms with Gasteiger partial charge in [0.25, 0.3) is 0 Å². The molecule has 0 aliphatic carbocycles. The molecule has 1 rings (SSSR count). The Bertz CT molecular complexity index is 379. The number of hydrogen-bond acceptors (Lipinski definition) is 3. The second kappa shape index (κ2) is 4.79. The van der Waals surface area contributed by atoms with Gasteiger partial charge in [-0.15, -0.1) is 11.3 Å². The molecule has 0 N–H and O–H groups in total. The van der Waals surface area contributed by atoms with Gasteiger partial charge in [-0.2, -0.15) is 10.5 Å². The molecule has 0 spiro atoms. The van der Waals surface area contributed by atoms with Crippen molar-refractivity contribution in [1.82, 2.24) is 0 Å². The average molecular weight is 204 g/mol. The topological polar surface area (TPSA) is 47.6 Å². The number of rotatable bonds is 3. The molecule has 0 aliphatic heterocycles. The Hall–Kier alpha value is -1.32. The van der Waals surface area contributed by atoms with Gasteiger partial charge >= 0.3 is 0 Å². The van der Waals surface area contributed by atoms with E-state index in [-0.39, 0.29) is 5.92 Å². The number of hydrogen-bond donors (Lipinski definition) is 0. The van der Waals surface area contributed by atoms with Crippen molar-refractivity contribution in [2.45, 2.75) is 26.2 Å². The zero-order valence-electron chi connectivity index (χ0n) is 8.32. The maximum atomic E-state index is 8.70. The quantitative estimate of drug-likeness (QED) is 0.758. The summed E-state index contributed by atoms with van der Waals surface area (Å²) in [6.07, 6.45) is 0.527. The molecule has 2 nitrogen and oxygen atoms in total. The van der Waals surface area contributed by atoms with Crippen molar-refractivity contribution >= 4 is 11.3 Å². The molecule has 1 heterocycles. The van der Waals surface area contributed by atoms with Crippen molar-refractivity contribution in [3.05, 3.63) is 21.9 Å². The van der Waals surface area contributed by atoms with E-state index in [0.717, 1.165) is 10.4 Å². The largest absolute Gasteiger partial charge is 0.198 e. The second-order valence-corrected chi connectivity index (χ2v) is 4.48. The third-order valence-corrected chi connectivity index (χ3v) is 3.13. The monoisotopic (exact) mass is 204 g/mol. The van der Waals surface area contributed by atoms with Gasteiger partial charge in [0, 0.05) is 12.3 Å². The van der Waals surface area contributed by atoms with E-state index in [1.165, 1.54) is 11.3 Å². The van der Waals surface area contributed by atoms with Crippen LogP contribution in [-0.2, 0) is 0 Å². The van der Waals surface area contributed by atoms with Gasteiger partial charge in [0.2, 0.25) is 0 Å². The van der Waals surface area contributed by atoms with Crippen molar-refractivity contribution in [3.63, 3.8) is 0 Å². The molecule has 0 saturated carbocycles. The van der Waals surface area contributed by atoms with Gasteiger partial charge in [-0.1, -0.05) is 13.8 Å². The minimum atomic E-state index is 0.262. The van der Waals surface area contributed by atoms with Gasteiger partial charge in [-0.05, 0) is 22.9 Å². The Balaban J connectivity index is 2.90. The maximum Gasteiger partial charge on any atom is 0.110 e. The van der Waals surface area contributed by atoms with Crippen LogP contribution in [-0.4, -0.2) is 0 Å². The first kappa shape index (κ1) is 10.8. The molecule has 0 radical (unpaired) electrons. The third kappa shape index (κ3) is 2.34. The fraction of sp³-hybridized carbons (Fsp3) is 0.455. The lowest BCUT2D eigenvalue weighted by Crippen LogP contribution is -2.04. The van der Waals surface area contributed by atoms with E-state index in [4.69, 9.17) is 10.5 Å². The molecular weight excluding hydrogens is 192 g/mol. The Kier molecular flexibility index (Phi) is 3.68. The first-order valence-electron chi connectivity index (χ1n) is 4.54. The lowest BCUT2D eigenvalue weighted by Gasteiger charge is -2.15. The maximum absolute atomic E-state index is 8.70. The van der Waals surface area contributed by atoms with Crippen molar-refractivity contribution in [2.75, 3.05) is 0 Å². The van der Waals surface area contributed by atoms with Gasteiger partial charge in [0.1, 0.15) is 10.9 Å². The Labute approximate surface area is 88.4 Å². The summed E-state index contributed by atoms with van der Waals surface area (Å²) in [5.41, 5.74) is 1.13. The summed E-state index contributed by atoms with van der Waals surface area (Å²) < 4.78 is 0. The normalized spacial score (nSPS) is 12.1. The standard InChI is InChI=1S/C11H12N2S/c1-8(2)11(3-4-12)9-5-10(6-13)14-7-9/h5,7-8,11H,3H2,1-2H3. The van der Waals surface area contributed by atoms with Crippen LogP contribution in [0.3, 0.4) is 0 Å². The number of nitrogens with zero attached hydrogens (tertiary/aromatic N) is 2. The molecule has 3 heteroatoms. The third-order valence-electron chi connectivity index (χ3n) is 2.27. The lowest BCUT2D eigenvalue weighted by atomic mass is 9.88. The molecule has 1 unspecified atom stereocenters. The van der Waals surface area contributed by atoms with Crippen LogP contribution in [0.25, 0.3) is 0 Å². The van der Waals surface area contributed by atoms with E-state index in [2.05, 4.69) is 26.0 Å². The van der Waals surface area contributed by atoms with E-state index < -0.39 is 0 Å². The number of thiophene rings is 1. The highest BCUT2D eigenvalue weighted by molar-refractivity contribution is 7.10. The molecule has 1 aromatic heterocycles. The van der Waals surface area contributed by atoms with Crippen molar-refractivity contribution in [2.24, 2.45) is 5.92 Å². The average Bonchev–Trinajstić information content (AvgIpc) is 2.61. The Morgan fingerprint density at radius 2 is 2.14 bits per heavy atom. The molecule has 1 atom stereocenters. The molecule has 1 aromatic rings. The molecule has 14 heavy (non-hydrogen) atoms. The van der Waals surface area contributed by atoms with Gasteiger partial charge < -0.3 is 0 Å². The van der Waals surface area contributed by atoms with Crippen LogP contribution < -0.4 is 0 Å². The highest BCUT2D eigenvalue weighted by Gasteiger charge is 2.16. The molecule has 0 fully saturated rings. The zero-order chi connectivity index (χ0) is 10.6. The van der Waals surface area contributed by atoms with Crippen LogP contribution in [0.2, 0.25) is 0 Å². The minimum Gasteiger partial charge on any atom is -0.198 e. The number of nitriles is 2. The van der Waals surface area contributed by atoms with Crippen molar-refractivity contribution in [3.8, 4) is 12.1 Å². The predicted molar refractivity (Wildman–Crippen MR) is 56.8 cm³/mol. The Morgan fingerprint density at radius 1 is 1.43 bits per heavy atom. The first-order valence-corrected chi connectivity index (χ1v) is 5.42. The molecule has 0 bridgehead atoms. The molecular formula is C11H12N2S. The molecule has 0 aliphatic rings. The molecule has 0 amide bonds. The van der Waals surface area contributed by atoms with Crippen LogP contribution in [0.1, 0.15) is 36.6 Å². The van der Waals surface area contributed by atoms with E-state index >= 15 is 0 Å². The van der Waals surface area contributed by atoms with E-state index in [1.54, 1.807) is 0 Å². The minimum absolute atomic E-state index is 0.262. The zero-order valence-corrected chi connectivity index (χ0v) is 9.14. The predicted octanol–water partition coefficient (Wildman–Crippen LogP) is 3.27. The van der Waals surface area contributed by atoms with Crippen LogP contribution >= 0.6 is 11.3 Å². The molecule has 72 valence electrons. The summed E-state index contributed by atoms with van der Waals surface area (Å²) in [4.78, 5) is 0.726. The summed E-state index contributed by atoms with van der Waals surface area (Å²) >= 11 is 1.45. The highest BCUT2D eigenvalue weighted by Crippen LogP contribution is 2.30. The highest BCUT2D eigenvalue weighted by atomic mass is 32.1. The second-order valence-electron chi connectivity index (χ2n) is 3.57. The van der Waals surface area contributed by atoms with Crippen LogP contribution in [0, 0.1) is 28.6 Å². The smallest absolute Gasteiger partial charge is 0.110 e. The molecule has 0 aromatic carbocycles. The summed E-state index contributed by atoms with van der Waals surface area (Å²) in [6.45, 7) is 4.21. The summed E-state index contributed by atoms with van der Waals surface area (Å²) in [7, 11) is 0. The van der Waals surface area contributed by atoms with Crippen LogP contribution in [0.4, 0.5) is 0 Å². The van der Waals surface area contributed by atoms with Gasteiger partial charge in [-0.25, -0.2) is 0 Å². The van der Waals surface area contributed by atoms with Gasteiger partial charge in [0.05, 0.1) is 6.07 Å². The van der Waals surface area contributed by atoms with Crippen molar-refractivity contribution in [1.29, 1.82) is 10.5 Å². The summed E-state index contributed by atoms with van der Waals surface area (Å²) in [6, 6.07) is 6.21. The first-order chi connectivity index (χ1) is 6.69. The van der Waals surface area contributed by atoms with Crippen molar-refractivity contribution < 1.29 is 0 Å². The van der Waals surface area contributed by atoms with E-state index in [1.807, 2.05) is 11.4 Å². The van der Waals surface area contributed by atoms with E-state index in [9.17, 15) is 0 Å². The van der Waals surface area contributed by atoms with Crippen LogP contribution in [0.15, 0.2) is 11.4 Å². The lowest BCUT2D eigenvalue weighted by molar-refractivity contribution is 0.507. The summed E-state index contributed by atoms with van der Waals surface area (Å²) in [5.74, 6) is 0.703. The van der Waals surface area contributed by atoms with Crippen LogP contribution in [0.5, 0.6) is 0 Å². The van der Waals surface area contributed by atoms with E-state index in [0.29, 0.717) is 12.3 Å². The van der Waals surface area contributed by atoms with Gasteiger partial charge in [-0.3, -0.25) is 0 Å². The fourth-order valence-electron chi connectivity index (χ4n) is 1.44. The van der Waals surface area contributed by atoms with Gasteiger partial charge in [0.15, 0.2) is 0 Å². The fourth-order valence-corrected chi connectivity index (χ4v) is 2.20. The summed E-state index contributed by atoms with van der Waals surface area (Å²) in [5, 5.41) is 19.4. The molecule has 0 saturated heterocycles. The SMILES string of the molecule is CC(C)C(CC#N)c1csc(C#N)c1. The Morgan fingerprint density at radius 3 is 2.57 bits per heavy atom.